The second-order valence-corrected chi connectivity index (χ2v) is 7.38. The zero-order valence-electron chi connectivity index (χ0n) is 18.2. The van der Waals surface area contributed by atoms with Crippen molar-refractivity contribution in [2.24, 2.45) is 10.9 Å². The number of hydrogen-bond acceptors (Lipinski definition) is 5. The standard InChI is InChI=1S/C20H33N5O4.HI/c1-5-28-20(27)23-16(13-15(2)3)14-22-19(21-4)25-10-8-24(9-11-25)18(26)17-7-6-12-29-17;/h6-7,12,15-16H,5,8-11,13-14H2,1-4H3,(H,21,22)(H,23,27);1H. The van der Waals surface area contributed by atoms with Crippen molar-refractivity contribution in [3.05, 3.63) is 24.2 Å². The summed E-state index contributed by atoms with van der Waals surface area (Å²) in [4.78, 5) is 32.5. The minimum atomic E-state index is -0.403. The third-order valence-corrected chi connectivity index (χ3v) is 4.67. The van der Waals surface area contributed by atoms with Crippen molar-refractivity contribution in [2.75, 3.05) is 46.4 Å². The molecule has 30 heavy (non-hydrogen) atoms. The third-order valence-electron chi connectivity index (χ3n) is 4.67. The number of aliphatic imine (C=N–C) groups is 1. The van der Waals surface area contributed by atoms with Crippen LogP contribution in [-0.2, 0) is 4.74 Å². The molecule has 0 saturated carbocycles. The van der Waals surface area contributed by atoms with Crippen molar-refractivity contribution in [3.8, 4) is 0 Å². The molecule has 1 atom stereocenters. The summed E-state index contributed by atoms with van der Waals surface area (Å²) >= 11 is 0. The molecule has 1 saturated heterocycles. The number of guanidine groups is 1. The predicted octanol–water partition coefficient (Wildman–Crippen LogP) is 2.39. The summed E-state index contributed by atoms with van der Waals surface area (Å²) in [5.41, 5.74) is 0. The first-order chi connectivity index (χ1) is 13.9. The average molecular weight is 535 g/mol. The number of furan rings is 1. The number of halogens is 1. The van der Waals surface area contributed by atoms with Crippen LogP contribution in [0.1, 0.15) is 37.7 Å². The van der Waals surface area contributed by atoms with Crippen LogP contribution < -0.4 is 10.6 Å². The third kappa shape index (κ3) is 8.04. The van der Waals surface area contributed by atoms with Gasteiger partial charge in [-0.3, -0.25) is 9.79 Å². The summed E-state index contributed by atoms with van der Waals surface area (Å²) in [6.07, 6.45) is 1.93. The van der Waals surface area contributed by atoms with E-state index in [1.165, 1.54) is 6.26 Å². The number of carbonyl (C=O) groups is 2. The van der Waals surface area contributed by atoms with Crippen molar-refractivity contribution in [2.45, 2.75) is 33.2 Å². The van der Waals surface area contributed by atoms with Gasteiger partial charge in [0.25, 0.3) is 5.91 Å². The lowest BCUT2D eigenvalue weighted by atomic mass is 10.0. The Labute approximate surface area is 195 Å². The largest absolute Gasteiger partial charge is 0.459 e. The molecule has 1 aromatic heterocycles. The summed E-state index contributed by atoms with van der Waals surface area (Å²) in [7, 11) is 1.74. The number of alkyl carbamates (subject to hydrolysis) is 1. The van der Waals surface area contributed by atoms with E-state index in [2.05, 4.69) is 34.4 Å². The Kier molecular flexibility index (Phi) is 11.6. The van der Waals surface area contributed by atoms with E-state index in [9.17, 15) is 9.59 Å². The Balaban J connectivity index is 0.00000450. The van der Waals surface area contributed by atoms with Gasteiger partial charge in [-0.2, -0.15) is 0 Å². The molecular weight excluding hydrogens is 501 g/mol. The van der Waals surface area contributed by atoms with Crippen LogP contribution in [0.4, 0.5) is 4.79 Å². The van der Waals surface area contributed by atoms with Gasteiger partial charge in [0.05, 0.1) is 12.9 Å². The van der Waals surface area contributed by atoms with E-state index in [0.29, 0.717) is 51.0 Å². The number of hydrogen-bond donors (Lipinski definition) is 2. The number of nitrogens with one attached hydrogen (secondary N) is 2. The summed E-state index contributed by atoms with van der Waals surface area (Å²) in [5.74, 6) is 1.46. The van der Waals surface area contributed by atoms with Gasteiger partial charge in [-0.15, -0.1) is 24.0 Å². The number of rotatable bonds is 7. The number of ether oxygens (including phenoxy) is 1. The highest BCUT2D eigenvalue weighted by Crippen LogP contribution is 2.10. The van der Waals surface area contributed by atoms with Crippen molar-refractivity contribution >= 4 is 41.9 Å². The van der Waals surface area contributed by atoms with Crippen LogP contribution in [0.3, 0.4) is 0 Å². The fourth-order valence-corrected chi connectivity index (χ4v) is 3.33. The number of amides is 2. The van der Waals surface area contributed by atoms with Gasteiger partial charge in [-0.1, -0.05) is 13.8 Å². The molecule has 1 fully saturated rings. The smallest absolute Gasteiger partial charge is 0.407 e. The normalized spacial score (nSPS) is 15.4. The van der Waals surface area contributed by atoms with Crippen LogP contribution >= 0.6 is 24.0 Å². The molecule has 1 aliphatic heterocycles. The SMILES string of the molecule is CCOC(=O)NC(CNC(=NC)N1CCN(C(=O)c2ccco2)CC1)CC(C)C.I. The summed E-state index contributed by atoms with van der Waals surface area (Å²) in [6, 6.07) is 3.33. The van der Waals surface area contributed by atoms with E-state index >= 15 is 0 Å². The fourth-order valence-electron chi connectivity index (χ4n) is 3.33. The van der Waals surface area contributed by atoms with E-state index in [-0.39, 0.29) is 35.9 Å². The van der Waals surface area contributed by atoms with Crippen LogP contribution in [0.5, 0.6) is 0 Å². The summed E-state index contributed by atoms with van der Waals surface area (Å²) < 4.78 is 10.2. The fraction of sp³-hybridized carbons (Fsp3) is 0.650. The maximum Gasteiger partial charge on any atom is 0.407 e. The van der Waals surface area contributed by atoms with E-state index in [1.54, 1.807) is 31.0 Å². The first kappa shape index (κ1) is 26.1. The van der Waals surface area contributed by atoms with Crippen molar-refractivity contribution in [1.29, 1.82) is 0 Å². The molecule has 0 radical (unpaired) electrons. The van der Waals surface area contributed by atoms with Crippen LogP contribution in [0.15, 0.2) is 27.8 Å². The van der Waals surface area contributed by atoms with E-state index in [0.717, 1.165) is 12.4 Å². The van der Waals surface area contributed by atoms with Crippen LogP contribution in [-0.4, -0.2) is 80.2 Å². The Morgan fingerprint density at radius 2 is 1.90 bits per heavy atom. The van der Waals surface area contributed by atoms with Gasteiger partial charge in [-0.05, 0) is 31.4 Å². The highest BCUT2D eigenvalue weighted by molar-refractivity contribution is 14.0. The van der Waals surface area contributed by atoms with Crippen molar-refractivity contribution in [1.82, 2.24) is 20.4 Å². The molecule has 2 rings (SSSR count). The molecular formula is C20H34IN5O4. The molecule has 0 spiro atoms. The molecule has 0 aromatic carbocycles. The first-order valence-electron chi connectivity index (χ1n) is 10.2. The molecule has 0 bridgehead atoms. The second kappa shape index (κ2) is 13.3. The quantitative estimate of drug-likeness (QED) is 0.316. The van der Waals surface area contributed by atoms with E-state index in [4.69, 9.17) is 9.15 Å². The van der Waals surface area contributed by atoms with Gasteiger partial charge >= 0.3 is 6.09 Å². The molecule has 0 aliphatic carbocycles. The zero-order valence-corrected chi connectivity index (χ0v) is 20.5. The van der Waals surface area contributed by atoms with Gasteiger partial charge in [0, 0.05) is 45.8 Å². The molecule has 1 unspecified atom stereocenters. The molecule has 10 heteroatoms. The Morgan fingerprint density at radius 3 is 2.43 bits per heavy atom. The lowest BCUT2D eigenvalue weighted by molar-refractivity contribution is 0.0657. The number of piperazine rings is 1. The molecule has 1 aliphatic rings. The molecule has 9 nitrogen and oxygen atoms in total. The number of nitrogens with zero attached hydrogens (tertiary/aromatic N) is 3. The maximum atomic E-state index is 12.4. The highest BCUT2D eigenvalue weighted by atomic mass is 127. The van der Waals surface area contributed by atoms with Crippen molar-refractivity contribution < 1.29 is 18.7 Å². The average Bonchev–Trinajstić information content (AvgIpc) is 3.23. The van der Waals surface area contributed by atoms with Gasteiger partial charge in [0.1, 0.15) is 0 Å². The highest BCUT2D eigenvalue weighted by Gasteiger charge is 2.25. The summed E-state index contributed by atoms with van der Waals surface area (Å²) in [6.45, 7) is 9.44. The van der Waals surface area contributed by atoms with Gasteiger partial charge < -0.3 is 29.6 Å². The molecule has 2 amide bonds. The molecule has 170 valence electrons. The Morgan fingerprint density at radius 1 is 1.23 bits per heavy atom. The zero-order chi connectivity index (χ0) is 21.2. The minimum absolute atomic E-state index is 0. The number of carbonyl (C=O) groups excluding carboxylic acids is 2. The maximum absolute atomic E-state index is 12.4. The Bertz CT molecular complexity index is 673. The van der Waals surface area contributed by atoms with Crippen LogP contribution in [0.25, 0.3) is 0 Å². The topological polar surface area (TPSA) is 99.4 Å². The van der Waals surface area contributed by atoms with E-state index in [1.807, 2.05) is 0 Å². The predicted molar refractivity (Wildman–Crippen MR) is 126 cm³/mol. The lowest BCUT2D eigenvalue weighted by Gasteiger charge is -2.36. The second-order valence-electron chi connectivity index (χ2n) is 7.38. The monoisotopic (exact) mass is 535 g/mol. The Hall–Kier alpha value is -1.98. The molecule has 2 N–H and O–H groups in total. The van der Waals surface area contributed by atoms with Gasteiger partial charge in [-0.25, -0.2) is 4.79 Å². The first-order valence-corrected chi connectivity index (χ1v) is 10.2. The van der Waals surface area contributed by atoms with Crippen LogP contribution in [0.2, 0.25) is 0 Å². The molecule has 1 aromatic rings. The van der Waals surface area contributed by atoms with Crippen molar-refractivity contribution in [3.63, 3.8) is 0 Å². The van der Waals surface area contributed by atoms with Gasteiger partial charge in [0.2, 0.25) is 0 Å². The molecule has 2 heterocycles. The minimum Gasteiger partial charge on any atom is -0.459 e. The van der Waals surface area contributed by atoms with Gasteiger partial charge in [0.15, 0.2) is 11.7 Å². The lowest BCUT2D eigenvalue weighted by Crippen LogP contribution is -2.55. The van der Waals surface area contributed by atoms with E-state index < -0.39 is 6.09 Å². The summed E-state index contributed by atoms with van der Waals surface area (Å²) in [5, 5.41) is 6.26. The van der Waals surface area contributed by atoms with Crippen LogP contribution in [0, 0.1) is 5.92 Å².